The van der Waals surface area contributed by atoms with Gasteiger partial charge in [0.1, 0.15) is 19.3 Å². The Balaban J connectivity index is 5.21. The highest BCUT2D eigenvalue weighted by Crippen LogP contribution is 2.45. The second kappa shape index (κ2) is 67.2. The van der Waals surface area contributed by atoms with Crippen LogP contribution < -0.4 is 0 Å². The van der Waals surface area contributed by atoms with Crippen LogP contribution in [0.4, 0.5) is 0 Å². The predicted molar refractivity (Wildman–Crippen MR) is 395 cm³/mol. The summed E-state index contributed by atoms with van der Waals surface area (Å²) in [7, 11) is -9.92. The van der Waals surface area contributed by atoms with Crippen molar-refractivity contribution in [2.75, 3.05) is 39.6 Å². The minimum absolute atomic E-state index is 0.105. The quantitative estimate of drug-likeness (QED) is 0.0222. The van der Waals surface area contributed by atoms with E-state index in [2.05, 4.69) is 55.4 Å². The van der Waals surface area contributed by atoms with Gasteiger partial charge in [-0.3, -0.25) is 37.3 Å². The first kappa shape index (κ1) is 95.1. The first-order chi connectivity index (χ1) is 46.7. The molecule has 0 heterocycles. The van der Waals surface area contributed by atoms with Crippen molar-refractivity contribution < 1.29 is 80.2 Å². The van der Waals surface area contributed by atoms with Crippen LogP contribution in [0, 0.1) is 23.7 Å². The molecule has 0 aromatic carbocycles. The van der Waals surface area contributed by atoms with Crippen LogP contribution in [-0.2, 0) is 65.4 Å². The van der Waals surface area contributed by atoms with Gasteiger partial charge in [-0.05, 0) is 49.4 Å². The molecule has 0 aliphatic carbocycles. The molecule has 0 aromatic heterocycles. The van der Waals surface area contributed by atoms with Gasteiger partial charge in [-0.15, -0.1) is 0 Å². The largest absolute Gasteiger partial charge is 0.472 e. The molecular formula is C78H152O17P2. The highest BCUT2D eigenvalue weighted by molar-refractivity contribution is 7.47. The average Bonchev–Trinajstić information content (AvgIpc) is 1.06. The fourth-order valence-electron chi connectivity index (χ4n) is 11.8. The van der Waals surface area contributed by atoms with E-state index in [0.29, 0.717) is 25.7 Å². The molecule has 17 nitrogen and oxygen atoms in total. The van der Waals surface area contributed by atoms with Crippen LogP contribution in [0.3, 0.4) is 0 Å². The average molecular weight is 1420 g/mol. The molecule has 4 unspecified atom stereocenters. The smallest absolute Gasteiger partial charge is 0.462 e. The minimum Gasteiger partial charge on any atom is -0.462 e. The Hall–Kier alpha value is -1.94. The molecule has 0 bridgehead atoms. The molecule has 3 N–H and O–H groups in total. The number of phosphoric acid groups is 2. The molecule has 0 amide bonds. The van der Waals surface area contributed by atoms with Crippen LogP contribution in [0.15, 0.2) is 0 Å². The lowest BCUT2D eigenvalue weighted by Crippen LogP contribution is -2.30. The van der Waals surface area contributed by atoms with E-state index in [1.165, 1.54) is 193 Å². The van der Waals surface area contributed by atoms with Crippen molar-refractivity contribution in [1.82, 2.24) is 0 Å². The van der Waals surface area contributed by atoms with Crippen molar-refractivity contribution in [2.24, 2.45) is 23.7 Å². The molecule has 0 rings (SSSR count). The third-order valence-corrected chi connectivity index (χ3v) is 20.7. The van der Waals surface area contributed by atoms with E-state index < -0.39 is 97.5 Å². The Morgan fingerprint density at radius 3 is 0.732 bits per heavy atom. The Kier molecular flexibility index (Phi) is 65.9. The van der Waals surface area contributed by atoms with Gasteiger partial charge in [0.15, 0.2) is 12.2 Å². The summed E-state index contributed by atoms with van der Waals surface area (Å²) in [6, 6.07) is 0. The maximum Gasteiger partial charge on any atom is 0.472 e. The standard InChI is InChI=1S/C78H152O17P2/c1-9-70(7)56-48-40-32-28-29-35-45-53-61-78(83)95-73(64-88-75(80)58-50-42-33-26-22-18-14-12-11-13-16-20-24-30-38-46-54-68(3)4)66-92-96(84,85)90-62-72(79)63-91-97(86,87)93-67-74(65-89-76(81)59-51-43-37-36-41-49-57-71(8)10-2)94-77(82)60-52-44-34-27-23-19-15-17-21-25-31-39-47-55-69(5)6/h68-74,79H,9-67H2,1-8H3,(H,84,85)(H,86,87)/t70?,71?,72-,73-,74-/m1/s1. The van der Waals surface area contributed by atoms with E-state index in [1.807, 2.05) is 0 Å². The fourth-order valence-corrected chi connectivity index (χ4v) is 13.4. The van der Waals surface area contributed by atoms with Crippen LogP contribution in [0.25, 0.3) is 0 Å². The van der Waals surface area contributed by atoms with E-state index in [-0.39, 0.29) is 25.7 Å². The molecule has 97 heavy (non-hydrogen) atoms. The van der Waals surface area contributed by atoms with Crippen molar-refractivity contribution in [1.29, 1.82) is 0 Å². The van der Waals surface area contributed by atoms with E-state index in [9.17, 15) is 43.2 Å². The first-order valence-corrected chi connectivity index (χ1v) is 43.3. The summed E-state index contributed by atoms with van der Waals surface area (Å²) in [4.78, 5) is 72.9. The third kappa shape index (κ3) is 69.5. The van der Waals surface area contributed by atoms with Gasteiger partial charge >= 0.3 is 39.5 Å². The summed E-state index contributed by atoms with van der Waals surface area (Å²) >= 11 is 0. The van der Waals surface area contributed by atoms with Gasteiger partial charge in [0.05, 0.1) is 26.4 Å². The lowest BCUT2D eigenvalue weighted by Gasteiger charge is -2.21. The molecule has 0 radical (unpaired) electrons. The van der Waals surface area contributed by atoms with Gasteiger partial charge in [0, 0.05) is 25.7 Å². The molecule has 576 valence electrons. The van der Waals surface area contributed by atoms with Gasteiger partial charge in [-0.1, -0.05) is 344 Å². The summed E-state index contributed by atoms with van der Waals surface area (Å²) in [5, 5.41) is 10.6. The lowest BCUT2D eigenvalue weighted by atomic mass is 9.99. The van der Waals surface area contributed by atoms with Crippen LogP contribution >= 0.6 is 15.6 Å². The minimum atomic E-state index is -4.96. The second-order valence-electron chi connectivity index (χ2n) is 29.5. The van der Waals surface area contributed by atoms with Crippen molar-refractivity contribution in [2.45, 2.75) is 414 Å². The topological polar surface area (TPSA) is 237 Å². The van der Waals surface area contributed by atoms with Crippen LogP contribution in [-0.4, -0.2) is 96.7 Å². The van der Waals surface area contributed by atoms with Gasteiger partial charge < -0.3 is 33.8 Å². The molecule has 7 atom stereocenters. The Bertz CT molecular complexity index is 1910. The molecule has 19 heteroatoms. The summed E-state index contributed by atoms with van der Waals surface area (Å²) in [6.07, 6.45) is 52.7. The molecule has 0 saturated carbocycles. The number of hydrogen-bond donors (Lipinski definition) is 3. The number of ether oxygens (including phenoxy) is 4. The highest BCUT2D eigenvalue weighted by atomic mass is 31.2. The van der Waals surface area contributed by atoms with Gasteiger partial charge in [0.25, 0.3) is 0 Å². The van der Waals surface area contributed by atoms with Gasteiger partial charge in [-0.25, -0.2) is 9.13 Å². The van der Waals surface area contributed by atoms with Gasteiger partial charge in [0.2, 0.25) is 0 Å². The van der Waals surface area contributed by atoms with Crippen molar-refractivity contribution in [3.8, 4) is 0 Å². The molecule has 0 aliphatic heterocycles. The van der Waals surface area contributed by atoms with Crippen molar-refractivity contribution in [3.05, 3.63) is 0 Å². The molecular weight excluding hydrogens is 1270 g/mol. The van der Waals surface area contributed by atoms with Crippen LogP contribution in [0.2, 0.25) is 0 Å². The molecule has 0 fully saturated rings. The summed E-state index contributed by atoms with van der Waals surface area (Å²) in [6.45, 7) is 14.2. The Morgan fingerprint density at radius 1 is 0.289 bits per heavy atom. The van der Waals surface area contributed by atoms with E-state index in [0.717, 1.165) is 120 Å². The summed E-state index contributed by atoms with van der Waals surface area (Å²) in [5.74, 6) is 0.979. The molecule has 0 saturated heterocycles. The second-order valence-corrected chi connectivity index (χ2v) is 32.4. The zero-order chi connectivity index (χ0) is 71.7. The Labute approximate surface area is 594 Å². The maximum absolute atomic E-state index is 13.1. The number of rotatable bonds is 75. The number of hydrogen-bond acceptors (Lipinski definition) is 15. The number of carbonyl (C=O) groups excluding carboxylic acids is 4. The normalized spacial score (nSPS) is 14.6. The van der Waals surface area contributed by atoms with Gasteiger partial charge in [-0.2, -0.15) is 0 Å². The SMILES string of the molecule is CCC(C)CCCCCCCCCCC(=O)O[C@H](COC(=O)CCCCCCCCCCCCCCCCCCC(C)C)COP(=O)(O)OC[C@@H](O)COP(=O)(O)OC[C@@H](COC(=O)CCCCCCCCC(C)CC)OC(=O)CCCCCCCCCCCCCCCC(C)C. The highest BCUT2D eigenvalue weighted by Gasteiger charge is 2.30. The van der Waals surface area contributed by atoms with E-state index in [4.69, 9.17) is 37.0 Å². The predicted octanol–water partition coefficient (Wildman–Crippen LogP) is 22.8. The fraction of sp³-hybridized carbons (Fsp3) is 0.949. The number of aliphatic hydroxyl groups excluding tert-OH is 1. The molecule has 0 aliphatic rings. The molecule has 0 aromatic rings. The number of unbranched alkanes of at least 4 members (excludes halogenated alkanes) is 39. The Morgan fingerprint density at radius 2 is 0.495 bits per heavy atom. The van der Waals surface area contributed by atoms with Crippen LogP contribution in [0.1, 0.15) is 396 Å². The molecule has 0 spiro atoms. The summed E-state index contributed by atoms with van der Waals surface area (Å²) in [5.41, 5.74) is 0. The van der Waals surface area contributed by atoms with E-state index in [1.54, 1.807) is 0 Å². The lowest BCUT2D eigenvalue weighted by molar-refractivity contribution is -0.161. The monoisotopic (exact) mass is 1420 g/mol. The number of aliphatic hydroxyl groups is 1. The van der Waals surface area contributed by atoms with Crippen molar-refractivity contribution in [3.63, 3.8) is 0 Å². The number of phosphoric ester groups is 2. The summed E-state index contributed by atoms with van der Waals surface area (Å²) < 4.78 is 68.6. The first-order valence-electron chi connectivity index (χ1n) is 40.3. The maximum atomic E-state index is 13.1. The number of esters is 4. The zero-order valence-electron chi connectivity index (χ0n) is 63.7. The number of carbonyl (C=O) groups is 4. The van der Waals surface area contributed by atoms with E-state index >= 15 is 0 Å². The third-order valence-electron chi connectivity index (χ3n) is 18.8. The zero-order valence-corrected chi connectivity index (χ0v) is 65.5. The van der Waals surface area contributed by atoms with Crippen molar-refractivity contribution >= 4 is 39.5 Å². The van der Waals surface area contributed by atoms with Crippen LogP contribution in [0.5, 0.6) is 0 Å².